The molecular weight excluding hydrogens is 414 g/mol. The second-order valence-electron chi connectivity index (χ2n) is 6.24. The van der Waals surface area contributed by atoms with E-state index in [1.807, 2.05) is 11.9 Å². The van der Waals surface area contributed by atoms with Gasteiger partial charge in [0.15, 0.2) is 0 Å². The minimum Gasteiger partial charge on any atom is -0.464 e. The molecule has 158 valence electrons. The number of nitrogens with one attached hydrogen (secondary N) is 1. The number of ether oxygens (including phenoxy) is 1. The lowest BCUT2D eigenvalue weighted by Gasteiger charge is -2.20. The van der Waals surface area contributed by atoms with E-state index in [2.05, 4.69) is 15.5 Å². The highest BCUT2D eigenvalue weighted by Gasteiger charge is 2.11. The molecule has 0 aliphatic carbocycles. The number of non-ortho nitro benzene ring substituents is 1. The van der Waals surface area contributed by atoms with Crippen LogP contribution in [-0.2, 0) is 14.3 Å². The van der Waals surface area contributed by atoms with Crippen molar-refractivity contribution in [2.24, 2.45) is 10.2 Å². The fraction of sp³-hybridized carbons (Fsp3) is 0.263. The molecule has 0 atom stereocenters. The van der Waals surface area contributed by atoms with E-state index in [4.69, 9.17) is 16.3 Å². The normalized spacial score (nSPS) is 10.7. The number of nitro groups is 1. The van der Waals surface area contributed by atoms with E-state index in [0.717, 1.165) is 5.69 Å². The van der Waals surface area contributed by atoms with Crippen LogP contribution < -0.4 is 10.2 Å². The van der Waals surface area contributed by atoms with Crippen LogP contribution in [0.15, 0.2) is 46.6 Å². The Morgan fingerprint density at radius 2 is 1.83 bits per heavy atom. The van der Waals surface area contributed by atoms with E-state index in [0.29, 0.717) is 17.9 Å². The van der Waals surface area contributed by atoms with Crippen molar-refractivity contribution >= 4 is 51.9 Å². The van der Waals surface area contributed by atoms with Gasteiger partial charge in [0.05, 0.1) is 22.2 Å². The number of rotatable bonds is 8. The topological polar surface area (TPSA) is 126 Å². The van der Waals surface area contributed by atoms with Gasteiger partial charge in [-0.1, -0.05) is 11.6 Å². The minimum absolute atomic E-state index is 0.0795. The van der Waals surface area contributed by atoms with Crippen LogP contribution in [0, 0.1) is 10.1 Å². The fourth-order valence-corrected chi connectivity index (χ4v) is 2.60. The number of likely N-dealkylation sites (N-methyl/N-ethyl adjacent to an activating group) is 1. The quantitative estimate of drug-likeness (QED) is 0.280. The number of hydrogen-bond acceptors (Lipinski definition) is 8. The Morgan fingerprint density at radius 3 is 2.43 bits per heavy atom. The zero-order valence-electron chi connectivity index (χ0n) is 16.6. The Morgan fingerprint density at radius 1 is 1.17 bits per heavy atom. The lowest BCUT2D eigenvalue weighted by atomic mass is 10.2. The van der Waals surface area contributed by atoms with Gasteiger partial charge in [-0.25, -0.2) is 0 Å². The Labute approximate surface area is 177 Å². The summed E-state index contributed by atoms with van der Waals surface area (Å²) in [5.74, 6) is -0.650. The van der Waals surface area contributed by atoms with Crippen molar-refractivity contribution in [3.05, 3.63) is 51.5 Å². The maximum atomic E-state index is 11.6. The molecular formula is C19H20ClN5O5. The maximum Gasteiger partial charge on any atom is 0.302 e. The van der Waals surface area contributed by atoms with Gasteiger partial charge in [-0.05, 0) is 24.3 Å². The SMILES string of the molecule is CC(=O)Nc1cc(N(C)CCOC(C)=O)ccc1N=Nc1ccc([N+](=O)[O-])cc1Cl. The van der Waals surface area contributed by atoms with E-state index >= 15 is 0 Å². The Bertz CT molecular complexity index is 995. The molecule has 1 amide bonds. The number of anilines is 2. The van der Waals surface area contributed by atoms with E-state index in [-0.39, 0.29) is 34.9 Å². The predicted molar refractivity (Wildman–Crippen MR) is 113 cm³/mol. The number of halogens is 1. The van der Waals surface area contributed by atoms with Gasteiger partial charge in [0, 0.05) is 38.7 Å². The third-order valence-corrected chi connectivity index (χ3v) is 4.17. The second kappa shape index (κ2) is 10.3. The predicted octanol–water partition coefficient (Wildman–Crippen LogP) is 4.62. The molecule has 0 saturated heterocycles. The van der Waals surface area contributed by atoms with Crippen molar-refractivity contribution in [3.8, 4) is 0 Å². The summed E-state index contributed by atoms with van der Waals surface area (Å²) in [6.07, 6.45) is 0. The molecule has 0 saturated carbocycles. The van der Waals surface area contributed by atoms with E-state index in [1.165, 1.54) is 32.0 Å². The third-order valence-electron chi connectivity index (χ3n) is 3.87. The van der Waals surface area contributed by atoms with Gasteiger partial charge < -0.3 is 15.0 Å². The number of nitro benzene ring substituents is 1. The van der Waals surface area contributed by atoms with Crippen LogP contribution in [0.25, 0.3) is 0 Å². The molecule has 2 aromatic rings. The van der Waals surface area contributed by atoms with Crippen LogP contribution in [0.1, 0.15) is 13.8 Å². The van der Waals surface area contributed by atoms with Crippen LogP contribution in [0.4, 0.5) is 28.4 Å². The van der Waals surface area contributed by atoms with E-state index in [1.54, 1.807) is 18.2 Å². The molecule has 2 aromatic carbocycles. The smallest absolute Gasteiger partial charge is 0.302 e. The number of carbonyl (C=O) groups is 2. The molecule has 2 rings (SSSR count). The highest BCUT2D eigenvalue weighted by atomic mass is 35.5. The van der Waals surface area contributed by atoms with E-state index < -0.39 is 4.92 Å². The Balaban J connectivity index is 2.26. The molecule has 1 N–H and O–H groups in total. The number of amides is 1. The van der Waals surface area contributed by atoms with Crippen LogP contribution in [-0.4, -0.2) is 37.0 Å². The van der Waals surface area contributed by atoms with Gasteiger partial charge in [0.2, 0.25) is 5.91 Å². The summed E-state index contributed by atoms with van der Waals surface area (Å²) in [6, 6.07) is 8.98. The molecule has 11 heteroatoms. The van der Waals surface area contributed by atoms with Gasteiger partial charge in [-0.15, -0.1) is 10.2 Å². The first-order valence-electron chi connectivity index (χ1n) is 8.79. The molecule has 30 heavy (non-hydrogen) atoms. The summed E-state index contributed by atoms with van der Waals surface area (Å²) < 4.78 is 4.94. The second-order valence-corrected chi connectivity index (χ2v) is 6.64. The highest BCUT2D eigenvalue weighted by molar-refractivity contribution is 6.33. The summed E-state index contributed by atoms with van der Waals surface area (Å²) in [7, 11) is 1.81. The average molecular weight is 434 g/mol. The first-order valence-corrected chi connectivity index (χ1v) is 9.17. The van der Waals surface area contributed by atoms with Crippen molar-refractivity contribution in [3.63, 3.8) is 0 Å². The molecule has 0 fully saturated rings. The number of hydrogen-bond donors (Lipinski definition) is 1. The van der Waals surface area contributed by atoms with Crippen LogP contribution >= 0.6 is 11.6 Å². The van der Waals surface area contributed by atoms with E-state index in [9.17, 15) is 19.7 Å². The summed E-state index contributed by atoms with van der Waals surface area (Å²) in [5, 5.41) is 21.7. The molecule has 0 spiro atoms. The number of nitrogens with zero attached hydrogens (tertiary/aromatic N) is 4. The van der Waals surface area contributed by atoms with Crippen LogP contribution in [0.2, 0.25) is 5.02 Å². The third kappa shape index (κ3) is 6.52. The monoisotopic (exact) mass is 433 g/mol. The zero-order valence-corrected chi connectivity index (χ0v) is 17.3. The number of esters is 1. The molecule has 0 aromatic heterocycles. The summed E-state index contributed by atoms with van der Waals surface area (Å²) in [6.45, 7) is 3.39. The minimum atomic E-state index is -0.557. The number of benzene rings is 2. The Kier molecular flexibility index (Phi) is 7.82. The van der Waals surface area contributed by atoms with Crippen molar-refractivity contribution < 1.29 is 19.2 Å². The lowest BCUT2D eigenvalue weighted by Crippen LogP contribution is -2.23. The van der Waals surface area contributed by atoms with Crippen molar-refractivity contribution in [2.75, 3.05) is 30.4 Å². The molecule has 0 unspecified atom stereocenters. The van der Waals surface area contributed by atoms with Crippen LogP contribution in [0.3, 0.4) is 0 Å². The maximum absolute atomic E-state index is 11.6. The molecule has 0 radical (unpaired) electrons. The largest absolute Gasteiger partial charge is 0.464 e. The Hall–Kier alpha value is -3.53. The number of azo groups is 1. The van der Waals surface area contributed by atoms with Gasteiger partial charge in [0.1, 0.15) is 18.0 Å². The van der Waals surface area contributed by atoms with Crippen molar-refractivity contribution in [1.29, 1.82) is 0 Å². The molecule has 0 aliphatic rings. The number of carbonyl (C=O) groups excluding carboxylic acids is 2. The van der Waals surface area contributed by atoms with Crippen LogP contribution in [0.5, 0.6) is 0 Å². The highest BCUT2D eigenvalue weighted by Crippen LogP contribution is 2.34. The average Bonchev–Trinajstić information content (AvgIpc) is 2.66. The molecule has 0 heterocycles. The van der Waals surface area contributed by atoms with Gasteiger partial charge in [-0.3, -0.25) is 19.7 Å². The summed E-state index contributed by atoms with van der Waals surface area (Å²) >= 11 is 6.03. The molecule has 0 bridgehead atoms. The zero-order chi connectivity index (χ0) is 22.3. The summed E-state index contributed by atoms with van der Waals surface area (Å²) in [4.78, 5) is 34.6. The first kappa shape index (κ1) is 22.8. The molecule has 10 nitrogen and oxygen atoms in total. The fourth-order valence-electron chi connectivity index (χ4n) is 2.39. The van der Waals surface area contributed by atoms with Gasteiger partial charge in [0.25, 0.3) is 5.69 Å². The van der Waals surface area contributed by atoms with Gasteiger partial charge in [-0.2, -0.15) is 0 Å². The van der Waals surface area contributed by atoms with Crippen molar-refractivity contribution in [2.45, 2.75) is 13.8 Å². The van der Waals surface area contributed by atoms with Gasteiger partial charge >= 0.3 is 5.97 Å². The molecule has 0 aliphatic heterocycles. The standard InChI is InChI=1S/C19H20ClN5O5/c1-12(26)21-19-11-14(24(3)8-9-30-13(2)27)4-7-18(19)23-22-17-6-5-15(25(28)29)10-16(17)20/h4-7,10-11H,8-9H2,1-3H3,(H,21,26). The summed E-state index contributed by atoms with van der Waals surface area (Å²) in [5.41, 5.74) is 1.65. The first-order chi connectivity index (χ1) is 14.2. The van der Waals surface area contributed by atoms with Crippen molar-refractivity contribution in [1.82, 2.24) is 0 Å². The lowest BCUT2D eigenvalue weighted by molar-refractivity contribution is -0.384.